The summed E-state index contributed by atoms with van der Waals surface area (Å²) in [5.74, 6) is 0. The van der Waals surface area contributed by atoms with E-state index in [9.17, 15) is 0 Å². The van der Waals surface area contributed by atoms with Gasteiger partial charge in [0.25, 0.3) is 0 Å². The van der Waals surface area contributed by atoms with Crippen LogP contribution in [0.5, 0.6) is 0 Å². The van der Waals surface area contributed by atoms with E-state index in [0.717, 1.165) is 0 Å². The number of aliphatic hydroxyl groups excluding tert-OH is 1. The molecule has 48 valence electrons. The standard InChI is InChI=1S/C4H9.C2H5O.Sn/c1-3-4-2;1-2-3;/h1,3-4H2,2H3;2-3H,1H3;. The van der Waals surface area contributed by atoms with Crippen molar-refractivity contribution in [3.05, 3.63) is 0 Å². The molecule has 0 heterocycles. The second-order valence-electron chi connectivity index (χ2n) is 1.98. The monoisotopic (exact) mass is 222 g/mol. The fourth-order valence-electron chi connectivity index (χ4n) is 0.488. The molecule has 0 amide bonds. The molecule has 2 radical (unpaired) electrons. The Hall–Kier alpha value is 0.759. The molecule has 0 saturated heterocycles. The van der Waals surface area contributed by atoms with E-state index in [1.807, 2.05) is 6.92 Å². The molecule has 0 bridgehead atoms. The number of rotatable bonds is 4. The summed E-state index contributed by atoms with van der Waals surface area (Å²) >= 11 is -0.350. The molecule has 0 spiro atoms. The first-order valence-electron chi connectivity index (χ1n) is 3.18. The maximum atomic E-state index is 8.85. The van der Waals surface area contributed by atoms with Gasteiger partial charge in [0.1, 0.15) is 0 Å². The Bertz CT molecular complexity index is 45.8. The fraction of sp³-hybridized carbons (Fsp3) is 1.00. The minimum atomic E-state index is -0.350. The molecule has 0 rings (SSSR count). The molecule has 0 fully saturated rings. The quantitative estimate of drug-likeness (QED) is 0.559. The summed E-state index contributed by atoms with van der Waals surface area (Å²) in [5, 5.41) is 8.85. The predicted molar refractivity (Wildman–Crippen MR) is 37.1 cm³/mol. The van der Waals surface area contributed by atoms with Gasteiger partial charge in [0.05, 0.1) is 0 Å². The predicted octanol–water partition coefficient (Wildman–Crippen LogP) is 1.25. The van der Waals surface area contributed by atoms with Crippen LogP contribution in [0.15, 0.2) is 0 Å². The first-order chi connectivity index (χ1) is 3.77. The summed E-state index contributed by atoms with van der Waals surface area (Å²) in [5.41, 5.74) is 0. The van der Waals surface area contributed by atoms with Crippen molar-refractivity contribution in [1.82, 2.24) is 0 Å². The summed E-state index contributed by atoms with van der Waals surface area (Å²) in [6.07, 6.45) is 2.62. The molecular weight excluding hydrogens is 207 g/mol. The van der Waals surface area contributed by atoms with Gasteiger partial charge in [-0.05, 0) is 0 Å². The van der Waals surface area contributed by atoms with Crippen molar-refractivity contribution in [3.8, 4) is 0 Å². The Morgan fingerprint density at radius 3 is 2.62 bits per heavy atom. The van der Waals surface area contributed by atoms with Crippen LogP contribution in [-0.4, -0.2) is 30.4 Å². The molecule has 1 N–H and O–H groups in total. The van der Waals surface area contributed by atoms with Crippen LogP contribution in [-0.2, 0) is 0 Å². The van der Waals surface area contributed by atoms with Gasteiger partial charge in [0, 0.05) is 0 Å². The van der Waals surface area contributed by atoms with E-state index in [1.54, 1.807) is 0 Å². The van der Waals surface area contributed by atoms with E-state index in [4.69, 9.17) is 5.11 Å². The third-order valence-corrected chi connectivity index (χ3v) is 4.49. The second kappa shape index (κ2) is 5.89. The molecule has 8 heavy (non-hydrogen) atoms. The Labute approximate surface area is 61.7 Å². The number of aliphatic hydroxyl groups is 1. The van der Waals surface area contributed by atoms with E-state index in [0.29, 0.717) is 0 Å². The van der Waals surface area contributed by atoms with Gasteiger partial charge < -0.3 is 0 Å². The van der Waals surface area contributed by atoms with Gasteiger partial charge in [0.15, 0.2) is 0 Å². The normalized spacial score (nSPS) is 13.9. The Morgan fingerprint density at radius 2 is 2.25 bits per heavy atom. The van der Waals surface area contributed by atoms with Crippen LogP contribution in [0, 0.1) is 0 Å². The average molecular weight is 221 g/mol. The van der Waals surface area contributed by atoms with Gasteiger partial charge in [-0.2, -0.15) is 0 Å². The van der Waals surface area contributed by atoms with Crippen LogP contribution >= 0.6 is 0 Å². The van der Waals surface area contributed by atoms with Gasteiger partial charge >= 0.3 is 61.5 Å². The van der Waals surface area contributed by atoms with Crippen molar-refractivity contribution in [3.63, 3.8) is 0 Å². The molecule has 1 unspecified atom stereocenters. The third-order valence-electron chi connectivity index (χ3n) is 0.970. The van der Waals surface area contributed by atoms with Gasteiger partial charge in [-0.3, -0.25) is 0 Å². The topological polar surface area (TPSA) is 20.2 Å². The molecule has 0 aromatic heterocycles. The summed E-state index contributed by atoms with van der Waals surface area (Å²) in [4.78, 5) is 0. The molecule has 0 aliphatic carbocycles. The summed E-state index contributed by atoms with van der Waals surface area (Å²) in [6.45, 7) is 4.11. The van der Waals surface area contributed by atoms with E-state index >= 15 is 0 Å². The molecule has 1 nitrogen and oxygen atoms in total. The number of hydrogen-bond donors (Lipinski definition) is 1. The summed E-state index contributed by atoms with van der Waals surface area (Å²) in [7, 11) is 0. The molecular formula is C6H14OSn. The molecule has 0 aromatic rings. The Balaban J connectivity index is 2.72. The van der Waals surface area contributed by atoms with Crippen LogP contribution in [0.1, 0.15) is 26.7 Å². The third kappa shape index (κ3) is 6.76. The van der Waals surface area contributed by atoms with Crippen LogP contribution in [0.2, 0.25) is 4.44 Å². The minimum absolute atomic E-state index is 0.0742. The zero-order valence-electron chi connectivity index (χ0n) is 5.65. The van der Waals surface area contributed by atoms with E-state index in [1.165, 1.54) is 17.3 Å². The van der Waals surface area contributed by atoms with Gasteiger partial charge in [-0.1, -0.05) is 0 Å². The number of unbranched alkanes of at least 4 members (excludes halogenated alkanes) is 1. The van der Waals surface area contributed by atoms with Crippen molar-refractivity contribution in [2.24, 2.45) is 0 Å². The fourth-order valence-corrected chi connectivity index (χ4v) is 3.27. The first-order valence-corrected chi connectivity index (χ1v) is 6.85. The Morgan fingerprint density at radius 1 is 1.62 bits per heavy atom. The van der Waals surface area contributed by atoms with E-state index < -0.39 is 0 Å². The SMILES string of the molecule is CCC[CH2][Sn][CH](C)O. The van der Waals surface area contributed by atoms with Crippen LogP contribution in [0.3, 0.4) is 0 Å². The van der Waals surface area contributed by atoms with Crippen molar-refractivity contribution < 1.29 is 5.11 Å². The average Bonchev–Trinajstić information content (AvgIpc) is 1.66. The molecule has 0 aromatic carbocycles. The van der Waals surface area contributed by atoms with Crippen molar-refractivity contribution in [2.75, 3.05) is 0 Å². The first kappa shape index (κ1) is 8.76. The van der Waals surface area contributed by atoms with Crippen LogP contribution in [0.25, 0.3) is 0 Å². The van der Waals surface area contributed by atoms with Crippen molar-refractivity contribution >= 4 is 21.1 Å². The van der Waals surface area contributed by atoms with Crippen molar-refractivity contribution in [2.45, 2.75) is 35.2 Å². The van der Waals surface area contributed by atoms with E-state index in [-0.39, 0.29) is 25.3 Å². The zero-order chi connectivity index (χ0) is 6.41. The van der Waals surface area contributed by atoms with Gasteiger partial charge in [-0.15, -0.1) is 0 Å². The summed E-state index contributed by atoms with van der Waals surface area (Å²) in [6, 6.07) is 0. The molecule has 0 aliphatic heterocycles. The van der Waals surface area contributed by atoms with Crippen LogP contribution in [0.4, 0.5) is 0 Å². The molecule has 0 saturated carbocycles. The number of hydrogen-bond acceptors (Lipinski definition) is 1. The molecule has 0 aliphatic rings. The molecule has 1 atom stereocenters. The van der Waals surface area contributed by atoms with Gasteiger partial charge in [-0.25, -0.2) is 0 Å². The van der Waals surface area contributed by atoms with Gasteiger partial charge in [0.2, 0.25) is 0 Å². The zero-order valence-corrected chi connectivity index (χ0v) is 8.50. The maximum absolute atomic E-state index is 8.85. The van der Waals surface area contributed by atoms with Crippen LogP contribution < -0.4 is 0 Å². The second-order valence-corrected chi connectivity index (χ2v) is 6.96. The Kier molecular flexibility index (Phi) is 6.45. The van der Waals surface area contributed by atoms with E-state index in [2.05, 4.69) is 6.92 Å². The summed E-state index contributed by atoms with van der Waals surface area (Å²) < 4.78 is 1.42. The van der Waals surface area contributed by atoms with Crippen molar-refractivity contribution in [1.29, 1.82) is 0 Å². The molecule has 2 heteroatoms.